The summed E-state index contributed by atoms with van der Waals surface area (Å²) in [5.74, 6) is -1.20. The minimum atomic E-state index is -1.54. The first kappa shape index (κ1) is 34.8. The molecule has 4 unspecified atom stereocenters. The molecule has 2 N–H and O–H groups in total. The summed E-state index contributed by atoms with van der Waals surface area (Å²) < 4.78 is 50.9. The third kappa shape index (κ3) is 9.48. The quantitative estimate of drug-likeness (QED) is 0.100. The summed E-state index contributed by atoms with van der Waals surface area (Å²) in [6.07, 6.45) is 3.15. The number of halogens is 2. The highest BCUT2D eigenvalue weighted by molar-refractivity contribution is 5.88. The molecule has 2 aliphatic carbocycles. The first-order valence-electron chi connectivity index (χ1n) is 14.8. The molecule has 0 aliphatic heterocycles. The number of benzene rings is 2. The maximum atomic E-state index is 15.1. The van der Waals surface area contributed by atoms with Crippen LogP contribution in [0.15, 0.2) is 116 Å². The molecule has 246 valence electrons. The summed E-state index contributed by atoms with van der Waals surface area (Å²) in [4.78, 5) is 24.3. The zero-order chi connectivity index (χ0) is 34.1. The molecule has 2 aliphatic rings. The molecule has 0 bridgehead atoms. The predicted octanol–water partition coefficient (Wildman–Crippen LogP) is 6.77. The van der Waals surface area contributed by atoms with Gasteiger partial charge in [-0.1, -0.05) is 62.2 Å². The highest BCUT2D eigenvalue weighted by Gasteiger charge is 2.25. The van der Waals surface area contributed by atoms with Crippen LogP contribution in [0.1, 0.15) is 42.9 Å². The van der Waals surface area contributed by atoms with Crippen LogP contribution >= 0.6 is 0 Å². The highest BCUT2D eigenvalue weighted by atomic mass is 19.1. The molecule has 0 amide bonds. The minimum absolute atomic E-state index is 0.00174. The van der Waals surface area contributed by atoms with Crippen molar-refractivity contribution in [3.05, 3.63) is 132 Å². The van der Waals surface area contributed by atoms with E-state index in [0.717, 1.165) is 22.8 Å². The van der Waals surface area contributed by atoms with Gasteiger partial charge in [0.2, 0.25) is 12.6 Å². The van der Waals surface area contributed by atoms with Gasteiger partial charge >= 0.3 is 11.9 Å². The Labute approximate surface area is 271 Å². The van der Waals surface area contributed by atoms with Crippen LogP contribution in [0.2, 0.25) is 0 Å². The normalized spacial score (nSPS) is 18.7. The molecule has 4 atom stereocenters. The Kier molecular flexibility index (Phi) is 11.8. The maximum Gasteiger partial charge on any atom is 0.338 e. The van der Waals surface area contributed by atoms with Gasteiger partial charge in [-0.25, -0.2) is 13.6 Å². The zero-order valence-corrected chi connectivity index (χ0v) is 25.9. The molecule has 2 aromatic carbocycles. The third-order valence-corrected chi connectivity index (χ3v) is 7.26. The van der Waals surface area contributed by atoms with E-state index in [1.54, 1.807) is 24.3 Å². The van der Waals surface area contributed by atoms with E-state index in [-0.39, 0.29) is 54.3 Å². The van der Waals surface area contributed by atoms with Crippen molar-refractivity contribution >= 4 is 23.1 Å². The Bertz CT molecular complexity index is 1650. The Hall–Kier alpha value is -5.06. The van der Waals surface area contributed by atoms with Crippen molar-refractivity contribution in [3.8, 4) is 11.5 Å². The number of rotatable bonds is 14. The average Bonchev–Trinajstić information content (AvgIpc) is 3.06. The SMILES string of the molecule is C=CC(O)Oc1ccc(CCC(=O)OC2=CC=C(c3ccc(C4=CC=C(OC(=O)C(=C)C)C(F)C4)cc3)CC2F)cc1OC(O)C=C. The number of carbonyl (C=O) groups is 2. The Morgan fingerprint density at radius 3 is 1.83 bits per heavy atom. The summed E-state index contributed by atoms with van der Waals surface area (Å²) in [6, 6.07) is 12.0. The van der Waals surface area contributed by atoms with Crippen LogP contribution in [0, 0.1) is 0 Å². The van der Waals surface area contributed by atoms with Crippen molar-refractivity contribution in [2.24, 2.45) is 0 Å². The number of carbonyl (C=O) groups excluding carboxylic acids is 2. The molecule has 0 saturated carbocycles. The number of aliphatic hydroxyl groups is 2. The number of ether oxygens (including phenoxy) is 4. The fraction of sp³-hybridized carbons (Fsp3) is 0.243. The lowest BCUT2D eigenvalue weighted by molar-refractivity contribution is -0.140. The monoisotopic (exact) mass is 646 g/mol. The van der Waals surface area contributed by atoms with Gasteiger partial charge in [0.15, 0.2) is 23.8 Å². The van der Waals surface area contributed by atoms with Gasteiger partial charge in [0.1, 0.15) is 11.5 Å². The van der Waals surface area contributed by atoms with Gasteiger partial charge in [-0.15, -0.1) is 0 Å². The molecule has 47 heavy (non-hydrogen) atoms. The Morgan fingerprint density at radius 1 is 0.830 bits per heavy atom. The molecule has 4 rings (SSSR count). The van der Waals surface area contributed by atoms with Crippen LogP contribution < -0.4 is 9.47 Å². The summed E-state index contributed by atoms with van der Waals surface area (Å²) >= 11 is 0. The van der Waals surface area contributed by atoms with Gasteiger partial charge in [-0.2, -0.15) is 0 Å². The summed E-state index contributed by atoms with van der Waals surface area (Å²) in [6.45, 7) is 11.9. The number of allylic oxidation sites excluding steroid dienone is 8. The Balaban J connectivity index is 1.36. The van der Waals surface area contributed by atoms with E-state index in [1.807, 2.05) is 24.3 Å². The number of alkyl halides is 2. The topological polar surface area (TPSA) is 112 Å². The van der Waals surface area contributed by atoms with Crippen LogP contribution in [0.25, 0.3) is 11.1 Å². The van der Waals surface area contributed by atoms with Crippen LogP contribution in [0.5, 0.6) is 11.5 Å². The van der Waals surface area contributed by atoms with Gasteiger partial charge in [-0.05, 0) is 77.6 Å². The lowest BCUT2D eigenvalue weighted by atomic mass is 9.91. The average molecular weight is 647 g/mol. The summed E-state index contributed by atoms with van der Waals surface area (Å²) in [5, 5.41) is 19.6. The van der Waals surface area contributed by atoms with Crippen molar-refractivity contribution in [1.29, 1.82) is 0 Å². The van der Waals surface area contributed by atoms with E-state index < -0.39 is 36.9 Å². The number of hydrogen-bond donors (Lipinski definition) is 2. The van der Waals surface area contributed by atoms with Gasteiger partial charge in [0.25, 0.3) is 0 Å². The van der Waals surface area contributed by atoms with Crippen LogP contribution in [0.4, 0.5) is 8.78 Å². The van der Waals surface area contributed by atoms with Gasteiger partial charge in [0.05, 0.1) is 0 Å². The molecule has 0 radical (unpaired) electrons. The molecule has 0 heterocycles. The molecule has 0 aromatic heterocycles. The van der Waals surface area contributed by atoms with Crippen molar-refractivity contribution < 1.29 is 47.5 Å². The van der Waals surface area contributed by atoms with Crippen LogP contribution in [-0.4, -0.2) is 47.1 Å². The second kappa shape index (κ2) is 16.0. The van der Waals surface area contributed by atoms with Gasteiger partial charge in [-0.3, -0.25) is 4.79 Å². The smallest absolute Gasteiger partial charge is 0.338 e. The minimum Gasteiger partial charge on any atom is -0.458 e. The number of esters is 2. The molecular formula is C37H36F2O8. The van der Waals surface area contributed by atoms with Crippen molar-refractivity contribution in [2.75, 3.05) is 0 Å². The van der Waals surface area contributed by atoms with Crippen molar-refractivity contribution in [2.45, 2.75) is 57.5 Å². The van der Waals surface area contributed by atoms with E-state index in [9.17, 15) is 24.2 Å². The van der Waals surface area contributed by atoms with E-state index in [4.69, 9.17) is 18.9 Å². The summed E-state index contributed by atoms with van der Waals surface area (Å²) in [7, 11) is 0. The van der Waals surface area contributed by atoms with Gasteiger partial charge < -0.3 is 29.2 Å². The number of aryl methyl sites for hydroxylation is 1. The largest absolute Gasteiger partial charge is 0.458 e. The lowest BCUT2D eigenvalue weighted by Gasteiger charge is -2.20. The molecule has 8 nitrogen and oxygen atoms in total. The van der Waals surface area contributed by atoms with Crippen molar-refractivity contribution in [1.82, 2.24) is 0 Å². The van der Waals surface area contributed by atoms with Crippen LogP contribution in [0.3, 0.4) is 0 Å². The van der Waals surface area contributed by atoms with E-state index in [0.29, 0.717) is 11.1 Å². The Morgan fingerprint density at radius 2 is 1.34 bits per heavy atom. The molecule has 10 heteroatoms. The fourth-order valence-electron chi connectivity index (χ4n) is 4.70. The molecular weight excluding hydrogens is 610 g/mol. The highest BCUT2D eigenvalue weighted by Crippen LogP contribution is 2.34. The number of hydrogen-bond acceptors (Lipinski definition) is 8. The zero-order valence-electron chi connectivity index (χ0n) is 25.9. The van der Waals surface area contributed by atoms with Crippen LogP contribution in [-0.2, 0) is 25.5 Å². The fourth-order valence-corrected chi connectivity index (χ4v) is 4.70. The predicted molar refractivity (Wildman–Crippen MR) is 173 cm³/mol. The lowest BCUT2D eigenvalue weighted by Crippen LogP contribution is -2.17. The molecule has 0 saturated heterocycles. The third-order valence-electron chi connectivity index (χ3n) is 7.26. The first-order valence-corrected chi connectivity index (χ1v) is 14.8. The number of aliphatic hydroxyl groups excluding tert-OH is 2. The van der Waals surface area contributed by atoms with E-state index in [2.05, 4.69) is 19.7 Å². The van der Waals surface area contributed by atoms with E-state index >= 15 is 4.39 Å². The van der Waals surface area contributed by atoms with E-state index in [1.165, 1.54) is 31.2 Å². The second-order valence-electron chi connectivity index (χ2n) is 10.9. The second-order valence-corrected chi connectivity index (χ2v) is 10.9. The van der Waals surface area contributed by atoms with Crippen molar-refractivity contribution in [3.63, 3.8) is 0 Å². The standard InChI is InChI=1S/C37H36F2O8/c1-5-34(40)45-32-15-7-23(19-33(32)46-35(41)6-2)8-18-36(42)44-30-16-13-26(20-28(30)38)24-9-11-25(12-10-24)27-14-17-31(29(39)21-27)47-37(43)22(3)4/h5-7,9-17,19,28-29,34-35,40-41H,1-3,8,18,20-21H2,4H3. The molecule has 0 fully saturated rings. The van der Waals surface area contributed by atoms with Gasteiger partial charge in [0, 0.05) is 24.8 Å². The first-order chi connectivity index (χ1) is 22.5. The molecule has 0 spiro atoms. The molecule has 2 aromatic rings. The summed E-state index contributed by atoms with van der Waals surface area (Å²) in [5.41, 5.74) is 3.80. The maximum absolute atomic E-state index is 15.1.